The monoisotopic (exact) mass is 340 g/mol. The number of alkyl halides is 1. The fourth-order valence-corrected chi connectivity index (χ4v) is 2.40. The van der Waals surface area contributed by atoms with E-state index in [1.54, 1.807) is 0 Å². The summed E-state index contributed by atoms with van der Waals surface area (Å²) in [6.45, 7) is 0.765. The van der Waals surface area contributed by atoms with E-state index in [0.29, 0.717) is 0 Å². The highest BCUT2D eigenvalue weighted by Gasteiger charge is 1.98. The molecule has 0 aliphatic rings. The van der Waals surface area contributed by atoms with Gasteiger partial charge in [0, 0.05) is 10.9 Å². The molecule has 112 valence electrons. The van der Waals surface area contributed by atoms with Gasteiger partial charge < -0.3 is 10.5 Å². The van der Waals surface area contributed by atoms with Crippen molar-refractivity contribution in [1.29, 1.82) is 5.41 Å². The van der Waals surface area contributed by atoms with Crippen molar-refractivity contribution in [1.82, 2.24) is 0 Å². The van der Waals surface area contributed by atoms with Crippen molar-refractivity contribution in [3.05, 3.63) is 29.8 Å². The van der Waals surface area contributed by atoms with E-state index >= 15 is 0 Å². The third-order valence-electron chi connectivity index (χ3n) is 3.21. The highest BCUT2D eigenvalue weighted by Crippen LogP contribution is 2.13. The molecule has 0 saturated heterocycles. The Morgan fingerprint density at radius 1 is 0.950 bits per heavy atom. The molecular weight excluding hydrogens is 316 g/mol. The molecule has 0 radical (unpaired) electrons. The molecule has 0 atom stereocenters. The van der Waals surface area contributed by atoms with Gasteiger partial charge in [0.15, 0.2) is 0 Å². The summed E-state index contributed by atoms with van der Waals surface area (Å²) in [5.74, 6) is 0.948. The Kier molecular flexibility index (Phi) is 9.13. The third kappa shape index (κ3) is 7.53. The second-order valence-corrected chi connectivity index (χ2v) is 5.74. The number of hydrogen-bond donors (Lipinski definition) is 2. The first kappa shape index (κ1) is 17.0. The van der Waals surface area contributed by atoms with Crippen LogP contribution < -0.4 is 10.5 Å². The number of nitrogen functional groups attached to an aromatic ring is 1. The van der Waals surface area contributed by atoms with Crippen molar-refractivity contribution in [2.75, 3.05) is 11.9 Å². The van der Waals surface area contributed by atoms with Gasteiger partial charge in [-0.1, -0.05) is 48.0 Å². The third-order valence-corrected chi connectivity index (χ3v) is 3.77. The van der Waals surface area contributed by atoms with Crippen LogP contribution in [0.4, 0.5) is 0 Å². The lowest BCUT2D eigenvalue weighted by molar-refractivity contribution is 0.304. The van der Waals surface area contributed by atoms with Gasteiger partial charge in [0.25, 0.3) is 0 Å². The Hall–Kier alpha value is -1.03. The second kappa shape index (κ2) is 10.7. The number of nitrogens with one attached hydrogen (secondary N) is 1. The van der Waals surface area contributed by atoms with E-state index in [0.717, 1.165) is 29.7 Å². The zero-order valence-corrected chi connectivity index (χ0v) is 13.6. The smallest absolute Gasteiger partial charge is 0.122 e. The van der Waals surface area contributed by atoms with E-state index in [1.807, 2.05) is 24.3 Å². The number of rotatable bonds is 11. The molecule has 0 saturated carbocycles. The minimum absolute atomic E-state index is 0.0939. The number of benzene rings is 1. The van der Waals surface area contributed by atoms with Gasteiger partial charge in [-0.15, -0.1) is 0 Å². The van der Waals surface area contributed by atoms with E-state index in [9.17, 15) is 0 Å². The van der Waals surface area contributed by atoms with Crippen molar-refractivity contribution >= 4 is 21.8 Å². The SMILES string of the molecule is N=C(N)c1ccc(OCCCCCCCCCBr)cc1. The maximum atomic E-state index is 7.31. The lowest BCUT2D eigenvalue weighted by Gasteiger charge is -2.07. The highest BCUT2D eigenvalue weighted by molar-refractivity contribution is 9.09. The molecule has 0 unspecified atom stereocenters. The summed E-state index contributed by atoms with van der Waals surface area (Å²) in [4.78, 5) is 0. The Bertz CT molecular complexity index is 379. The van der Waals surface area contributed by atoms with Gasteiger partial charge in [-0.2, -0.15) is 0 Å². The summed E-state index contributed by atoms with van der Waals surface area (Å²) in [7, 11) is 0. The molecule has 1 aromatic rings. The Morgan fingerprint density at radius 2 is 1.50 bits per heavy atom. The van der Waals surface area contributed by atoms with Crippen molar-refractivity contribution in [2.45, 2.75) is 44.9 Å². The largest absolute Gasteiger partial charge is 0.494 e. The lowest BCUT2D eigenvalue weighted by atomic mass is 10.1. The standard InChI is InChI=1S/C16H25BrN2O/c17-12-6-4-2-1-3-5-7-13-20-15-10-8-14(9-11-15)16(18)19/h8-11H,1-7,12-13H2,(H3,18,19). The first-order valence-electron chi connectivity index (χ1n) is 7.37. The fourth-order valence-electron chi connectivity index (χ4n) is 2.00. The first-order chi connectivity index (χ1) is 9.74. The van der Waals surface area contributed by atoms with Gasteiger partial charge in [-0.25, -0.2) is 0 Å². The van der Waals surface area contributed by atoms with E-state index in [1.165, 1.54) is 38.5 Å². The van der Waals surface area contributed by atoms with Crippen LogP contribution in [0.3, 0.4) is 0 Å². The van der Waals surface area contributed by atoms with Crippen LogP contribution in [0, 0.1) is 5.41 Å². The molecule has 0 spiro atoms. The van der Waals surface area contributed by atoms with Crippen LogP contribution in [0.2, 0.25) is 0 Å². The van der Waals surface area contributed by atoms with E-state index in [-0.39, 0.29) is 5.84 Å². The number of unbranched alkanes of at least 4 members (excludes halogenated alkanes) is 6. The summed E-state index contributed by atoms with van der Waals surface area (Å²) < 4.78 is 5.67. The van der Waals surface area contributed by atoms with Crippen LogP contribution >= 0.6 is 15.9 Å². The number of nitrogens with two attached hydrogens (primary N) is 1. The molecule has 0 aliphatic carbocycles. The minimum Gasteiger partial charge on any atom is -0.494 e. The van der Waals surface area contributed by atoms with Crippen molar-refractivity contribution in [3.63, 3.8) is 0 Å². The predicted molar refractivity (Wildman–Crippen MR) is 89.1 cm³/mol. The van der Waals surface area contributed by atoms with Gasteiger partial charge in [-0.3, -0.25) is 5.41 Å². The molecule has 0 bridgehead atoms. The molecule has 20 heavy (non-hydrogen) atoms. The van der Waals surface area contributed by atoms with Crippen LogP contribution in [-0.4, -0.2) is 17.8 Å². The van der Waals surface area contributed by atoms with Gasteiger partial charge in [0.05, 0.1) is 6.61 Å². The van der Waals surface area contributed by atoms with Crippen molar-refractivity contribution in [3.8, 4) is 5.75 Å². The molecule has 4 heteroatoms. The lowest BCUT2D eigenvalue weighted by Crippen LogP contribution is -2.10. The molecule has 3 nitrogen and oxygen atoms in total. The number of ether oxygens (including phenoxy) is 1. The predicted octanol–water partition coefficient (Wildman–Crippen LogP) is 4.48. The maximum absolute atomic E-state index is 7.31. The molecule has 1 aromatic carbocycles. The molecule has 1 rings (SSSR count). The number of hydrogen-bond acceptors (Lipinski definition) is 2. The van der Waals surface area contributed by atoms with E-state index < -0.39 is 0 Å². The highest BCUT2D eigenvalue weighted by atomic mass is 79.9. The van der Waals surface area contributed by atoms with E-state index in [2.05, 4.69) is 15.9 Å². The van der Waals surface area contributed by atoms with Gasteiger partial charge in [0.1, 0.15) is 11.6 Å². The van der Waals surface area contributed by atoms with Gasteiger partial charge in [-0.05, 0) is 37.1 Å². The van der Waals surface area contributed by atoms with Gasteiger partial charge in [0.2, 0.25) is 0 Å². The first-order valence-corrected chi connectivity index (χ1v) is 8.49. The maximum Gasteiger partial charge on any atom is 0.122 e. The van der Waals surface area contributed by atoms with Crippen LogP contribution in [0.25, 0.3) is 0 Å². The molecule has 0 aromatic heterocycles. The molecular formula is C16H25BrN2O. The number of halogens is 1. The summed E-state index contributed by atoms with van der Waals surface area (Å²) in [6.07, 6.45) is 8.95. The Morgan fingerprint density at radius 3 is 2.05 bits per heavy atom. The van der Waals surface area contributed by atoms with Crippen molar-refractivity contribution in [2.24, 2.45) is 5.73 Å². The average molecular weight is 341 g/mol. The van der Waals surface area contributed by atoms with Crippen molar-refractivity contribution < 1.29 is 4.74 Å². The fraction of sp³-hybridized carbons (Fsp3) is 0.562. The Balaban J connectivity index is 2.02. The molecule has 0 aliphatic heterocycles. The van der Waals surface area contributed by atoms with Crippen LogP contribution in [0.5, 0.6) is 5.75 Å². The summed E-state index contributed by atoms with van der Waals surface area (Å²) >= 11 is 3.45. The zero-order chi connectivity index (χ0) is 14.6. The summed E-state index contributed by atoms with van der Waals surface area (Å²) in [5.41, 5.74) is 6.14. The van der Waals surface area contributed by atoms with Crippen LogP contribution in [0.1, 0.15) is 50.5 Å². The quantitative estimate of drug-likeness (QED) is 0.270. The molecule has 0 amide bonds. The van der Waals surface area contributed by atoms with Crippen LogP contribution in [0.15, 0.2) is 24.3 Å². The molecule has 0 heterocycles. The topological polar surface area (TPSA) is 59.1 Å². The summed E-state index contributed by atoms with van der Waals surface area (Å²) in [6, 6.07) is 7.39. The molecule has 3 N–H and O–H groups in total. The zero-order valence-electron chi connectivity index (χ0n) is 12.0. The van der Waals surface area contributed by atoms with Gasteiger partial charge >= 0.3 is 0 Å². The minimum atomic E-state index is 0.0939. The van der Waals surface area contributed by atoms with Crippen LogP contribution in [-0.2, 0) is 0 Å². The number of amidine groups is 1. The Labute approximate surface area is 130 Å². The molecule has 0 fully saturated rings. The van der Waals surface area contributed by atoms with E-state index in [4.69, 9.17) is 15.9 Å². The average Bonchev–Trinajstić information content (AvgIpc) is 2.46. The second-order valence-electron chi connectivity index (χ2n) is 4.95. The normalized spacial score (nSPS) is 10.4. The summed E-state index contributed by atoms with van der Waals surface area (Å²) in [5, 5.41) is 8.44.